The highest BCUT2D eigenvalue weighted by atomic mass is 16.6. The highest BCUT2D eigenvalue weighted by molar-refractivity contribution is 6.00. The fourth-order valence-electron chi connectivity index (χ4n) is 2.10. The Morgan fingerprint density at radius 1 is 1.07 bits per heavy atom. The number of nitrogens with one attached hydrogen (secondary N) is 3. The third-order valence-corrected chi connectivity index (χ3v) is 3.36. The molecule has 0 saturated heterocycles. The number of aliphatic imine (C=N–C) groups is 1. The molecule has 27 heavy (non-hydrogen) atoms. The molecule has 2 rings (SSSR count). The molecule has 0 spiro atoms. The maximum atomic E-state index is 12.1. The minimum absolute atomic E-state index is 0.0450. The SMILES string of the molecule is CC(C)CN=C(N)Nc1cccc(NC(=O)Nc2ccc([N+](=O)[O-])cc2)c1. The summed E-state index contributed by atoms with van der Waals surface area (Å²) in [7, 11) is 0. The van der Waals surface area contributed by atoms with E-state index in [4.69, 9.17) is 5.73 Å². The van der Waals surface area contributed by atoms with Crippen LogP contribution in [0.5, 0.6) is 0 Å². The third-order valence-electron chi connectivity index (χ3n) is 3.36. The van der Waals surface area contributed by atoms with E-state index in [9.17, 15) is 14.9 Å². The van der Waals surface area contributed by atoms with Gasteiger partial charge in [0.1, 0.15) is 0 Å². The summed E-state index contributed by atoms with van der Waals surface area (Å²) in [5.74, 6) is 0.706. The summed E-state index contributed by atoms with van der Waals surface area (Å²) < 4.78 is 0. The van der Waals surface area contributed by atoms with Crippen LogP contribution >= 0.6 is 0 Å². The minimum Gasteiger partial charge on any atom is -0.370 e. The number of anilines is 3. The molecule has 142 valence electrons. The molecule has 0 heterocycles. The van der Waals surface area contributed by atoms with E-state index >= 15 is 0 Å². The molecule has 0 aliphatic carbocycles. The number of hydrogen-bond acceptors (Lipinski definition) is 4. The van der Waals surface area contributed by atoms with Gasteiger partial charge in [-0.15, -0.1) is 0 Å². The molecule has 2 aromatic carbocycles. The number of carbonyl (C=O) groups is 1. The average Bonchev–Trinajstić information content (AvgIpc) is 2.60. The first-order valence-electron chi connectivity index (χ1n) is 8.33. The number of carbonyl (C=O) groups excluding carboxylic acids is 1. The second kappa shape index (κ2) is 9.18. The van der Waals surface area contributed by atoms with Crippen molar-refractivity contribution in [3.8, 4) is 0 Å². The van der Waals surface area contributed by atoms with Gasteiger partial charge in [0, 0.05) is 35.7 Å². The first-order valence-corrected chi connectivity index (χ1v) is 8.33. The van der Waals surface area contributed by atoms with E-state index < -0.39 is 11.0 Å². The summed E-state index contributed by atoms with van der Waals surface area (Å²) in [6.07, 6.45) is 0. The Morgan fingerprint density at radius 3 is 2.26 bits per heavy atom. The molecule has 0 radical (unpaired) electrons. The van der Waals surface area contributed by atoms with Gasteiger partial charge in [0.2, 0.25) is 0 Å². The second-order valence-electron chi connectivity index (χ2n) is 6.21. The van der Waals surface area contributed by atoms with Crippen LogP contribution in [0.15, 0.2) is 53.5 Å². The topological polar surface area (TPSA) is 135 Å². The van der Waals surface area contributed by atoms with Gasteiger partial charge < -0.3 is 21.7 Å². The van der Waals surface area contributed by atoms with E-state index in [-0.39, 0.29) is 5.69 Å². The van der Waals surface area contributed by atoms with Crippen LogP contribution in [0.25, 0.3) is 0 Å². The van der Waals surface area contributed by atoms with Crippen LogP contribution in [0, 0.1) is 16.0 Å². The zero-order valence-corrected chi connectivity index (χ0v) is 15.1. The molecule has 0 bridgehead atoms. The second-order valence-corrected chi connectivity index (χ2v) is 6.21. The largest absolute Gasteiger partial charge is 0.370 e. The van der Waals surface area contributed by atoms with E-state index in [0.717, 1.165) is 0 Å². The first-order chi connectivity index (χ1) is 12.8. The number of urea groups is 1. The molecule has 9 heteroatoms. The van der Waals surface area contributed by atoms with Gasteiger partial charge in [0.15, 0.2) is 5.96 Å². The Bertz CT molecular complexity index is 833. The van der Waals surface area contributed by atoms with Crippen LogP contribution in [0.2, 0.25) is 0 Å². The van der Waals surface area contributed by atoms with Crippen LogP contribution in [0.1, 0.15) is 13.8 Å². The normalized spacial score (nSPS) is 11.1. The molecule has 5 N–H and O–H groups in total. The molecule has 0 aliphatic rings. The highest BCUT2D eigenvalue weighted by Gasteiger charge is 2.07. The standard InChI is InChI=1S/C18H22N6O3/c1-12(2)11-20-17(19)21-14-4-3-5-15(10-14)23-18(25)22-13-6-8-16(9-7-13)24(26)27/h3-10,12H,11H2,1-2H3,(H3,19,20,21)(H2,22,23,25). The van der Waals surface area contributed by atoms with Gasteiger partial charge in [0.25, 0.3) is 5.69 Å². The Morgan fingerprint density at radius 2 is 1.67 bits per heavy atom. The molecule has 9 nitrogen and oxygen atoms in total. The summed E-state index contributed by atoms with van der Waals surface area (Å²) in [5.41, 5.74) is 7.47. The lowest BCUT2D eigenvalue weighted by Crippen LogP contribution is -2.23. The number of nitrogens with zero attached hydrogens (tertiary/aromatic N) is 2. The Hall–Kier alpha value is -3.62. The molecule has 2 amide bonds. The number of benzene rings is 2. The van der Waals surface area contributed by atoms with Crippen molar-refractivity contribution in [1.29, 1.82) is 0 Å². The van der Waals surface area contributed by atoms with Gasteiger partial charge in [-0.3, -0.25) is 15.1 Å². The lowest BCUT2D eigenvalue weighted by molar-refractivity contribution is -0.384. The van der Waals surface area contributed by atoms with Crippen LogP contribution in [0.4, 0.5) is 27.5 Å². The molecule has 2 aromatic rings. The molecular weight excluding hydrogens is 348 g/mol. The molecular formula is C18H22N6O3. The van der Waals surface area contributed by atoms with Crippen molar-refractivity contribution in [1.82, 2.24) is 0 Å². The number of non-ortho nitro benzene ring substituents is 1. The van der Waals surface area contributed by atoms with Gasteiger partial charge in [-0.1, -0.05) is 19.9 Å². The lowest BCUT2D eigenvalue weighted by Gasteiger charge is -2.10. The van der Waals surface area contributed by atoms with Crippen LogP contribution in [-0.2, 0) is 0 Å². The van der Waals surface area contributed by atoms with Crippen molar-refractivity contribution < 1.29 is 9.72 Å². The molecule has 0 atom stereocenters. The van der Waals surface area contributed by atoms with Gasteiger partial charge >= 0.3 is 6.03 Å². The predicted octanol–water partition coefficient (Wildman–Crippen LogP) is 3.62. The number of guanidine groups is 1. The van der Waals surface area contributed by atoms with E-state index in [2.05, 4.69) is 20.9 Å². The summed E-state index contributed by atoms with van der Waals surface area (Å²) in [6.45, 7) is 4.71. The highest BCUT2D eigenvalue weighted by Crippen LogP contribution is 2.17. The Kier molecular flexibility index (Phi) is 6.70. The fraction of sp³-hybridized carbons (Fsp3) is 0.222. The Balaban J connectivity index is 1.95. The smallest absolute Gasteiger partial charge is 0.323 e. The zero-order valence-electron chi connectivity index (χ0n) is 15.1. The van der Waals surface area contributed by atoms with Crippen LogP contribution in [0.3, 0.4) is 0 Å². The molecule has 0 aliphatic heterocycles. The van der Waals surface area contributed by atoms with Crippen molar-refractivity contribution in [2.75, 3.05) is 22.5 Å². The van der Waals surface area contributed by atoms with Crippen LogP contribution in [-0.4, -0.2) is 23.5 Å². The van der Waals surface area contributed by atoms with Crippen molar-refractivity contribution in [3.63, 3.8) is 0 Å². The number of nitro benzene ring substituents is 1. The third kappa shape index (κ3) is 6.65. The summed E-state index contributed by atoms with van der Waals surface area (Å²) >= 11 is 0. The van der Waals surface area contributed by atoms with Gasteiger partial charge in [-0.25, -0.2) is 4.79 Å². The van der Waals surface area contributed by atoms with Gasteiger partial charge in [0.05, 0.1) is 4.92 Å². The quantitative estimate of drug-likeness (QED) is 0.266. The molecule has 0 aromatic heterocycles. The summed E-state index contributed by atoms with van der Waals surface area (Å²) in [5, 5.41) is 18.9. The van der Waals surface area contributed by atoms with Crippen molar-refractivity contribution in [2.24, 2.45) is 16.6 Å². The lowest BCUT2D eigenvalue weighted by atomic mass is 10.2. The number of hydrogen-bond donors (Lipinski definition) is 4. The van der Waals surface area contributed by atoms with Crippen molar-refractivity contribution >= 4 is 34.7 Å². The average molecular weight is 370 g/mol. The van der Waals surface area contributed by atoms with Crippen LogP contribution < -0.4 is 21.7 Å². The van der Waals surface area contributed by atoms with Crippen molar-refractivity contribution in [2.45, 2.75) is 13.8 Å². The molecule has 0 saturated carbocycles. The maximum absolute atomic E-state index is 12.1. The van der Waals surface area contributed by atoms with Gasteiger partial charge in [-0.2, -0.15) is 0 Å². The molecule has 0 fully saturated rings. The minimum atomic E-state index is -0.501. The first kappa shape index (κ1) is 19.7. The molecule has 0 unspecified atom stereocenters. The monoisotopic (exact) mass is 370 g/mol. The maximum Gasteiger partial charge on any atom is 0.323 e. The van der Waals surface area contributed by atoms with Gasteiger partial charge in [-0.05, 0) is 36.2 Å². The van der Waals surface area contributed by atoms with E-state index in [1.54, 1.807) is 24.3 Å². The number of amides is 2. The zero-order chi connectivity index (χ0) is 19.8. The summed E-state index contributed by atoms with van der Waals surface area (Å²) in [6, 6.07) is 12.1. The summed E-state index contributed by atoms with van der Waals surface area (Å²) in [4.78, 5) is 26.4. The number of nitro groups is 1. The number of nitrogens with two attached hydrogens (primary N) is 1. The fourth-order valence-corrected chi connectivity index (χ4v) is 2.10. The number of rotatable bonds is 6. The Labute approximate surface area is 156 Å². The van der Waals surface area contributed by atoms with Crippen molar-refractivity contribution in [3.05, 3.63) is 58.6 Å². The predicted molar refractivity (Wildman–Crippen MR) is 107 cm³/mol. The van der Waals surface area contributed by atoms with E-state index in [0.29, 0.717) is 35.5 Å². The van der Waals surface area contributed by atoms with E-state index in [1.807, 2.05) is 13.8 Å². The van der Waals surface area contributed by atoms with E-state index in [1.165, 1.54) is 24.3 Å².